The highest BCUT2D eigenvalue weighted by Gasteiger charge is 2.58. The van der Waals surface area contributed by atoms with Crippen LogP contribution < -0.4 is 16.2 Å². The van der Waals surface area contributed by atoms with Gasteiger partial charge < -0.3 is 28.8 Å². The number of nitrogens with one attached hydrogen (secondary N) is 3. The molecule has 3 heterocycles. The fraction of sp³-hybridized carbons (Fsp3) is 0.476. The monoisotopic (exact) mass is 507 g/mol. The quantitative estimate of drug-likeness (QED) is 0.343. The minimum Gasteiger partial charge on any atom is -0.465 e. The summed E-state index contributed by atoms with van der Waals surface area (Å²) in [7, 11) is 1.11. The smallest absolute Gasteiger partial charge is 0.340 e. The molecule has 4 unspecified atom stereocenters. The van der Waals surface area contributed by atoms with Crippen LogP contribution in [-0.4, -0.2) is 69.3 Å². The fourth-order valence-corrected chi connectivity index (χ4v) is 4.03. The molecule has 0 spiro atoms. The van der Waals surface area contributed by atoms with Crippen LogP contribution >= 0.6 is 0 Å². The molecule has 2 aromatic rings. The predicted molar refractivity (Wildman–Crippen MR) is 119 cm³/mol. The van der Waals surface area contributed by atoms with E-state index < -0.39 is 59.4 Å². The highest BCUT2D eigenvalue weighted by Crippen LogP contribution is 2.41. The van der Waals surface area contributed by atoms with Crippen molar-refractivity contribution in [3.8, 4) is 0 Å². The molecule has 0 radical (unpaired) electrons. The van der Waals surface area contributed by atoms with Gasteiger partial charge in [-0.2, -0.15) is 4.98 Å². The number of nitrogens with zero attached hydrogens (tertiary/aromatic N) is 2. The van der Waals surface area contributed by atoms with Gasteiger partial charge >= 0.3 is 17.9 Å². The largest absolute Gasteiger partial charge is 0.465 e. The topological polar surface area (TPSA) is 197 Å². The summed E-state index contributed by atoms with van der Waals surface area (Å²) >= 11 is 0. The Kier molecular flexibility index (Phi) is 7.15. The normalized spacial score (nSPS) is 23.1. The molecule has 0 saturated carbocycles. The van der Waals surface area contributed by atoms with Gasteiger partial charge in [0.15, 0.2) is 18.0 Å². The highest BCUT2D eigenvalue weighted by molar-refractivity contribution is 6.03. The Morgan fingerprint density at radius 1 is 1.11 bits per heavy atom. The van der Waals surface area contributed by atoms with E-state index in [9.17, 15) is 28.8 Å². The number of methoxy groups -OCH3 is 1. The average molecular weight is 507 g/mol. The zero-order valence-corrected chi connectivity index (χ0v) is 20.3. The van der Waals surface area contributed by atoms with Gasteiger partial charge in [0.1, 0.15) is 6.04 Å². The average Bonchev–Trinajstić information content (AvgIpc) is 3.23. The second-order valence-corrected chi connectivity index (χ2v) is 8.11. The third-order valence-corrected chi connectivity index (χ3v) is 5.17. The van der Waals surface area contributed by atoms with Crippen LogP contribution in [0.4, 0.5) is 5.95 Å². The number of aromatic amines is 1. The highest BCUT2D eigenvalue weighted by atomic mass is 16.8. The van der Waals surface area contributed by atoms with Crippen LogP contribution in [0.15, 0.2) is 11.0 Å². The minimum atomic E-state index is -1.89. The maximum absolute atomic E-state index is 12.9. The van der Waals surface area contributed by atoms with E-state index in [0.717, 1.165) is 21.0 Å². The maximum atomic E-state index is 12.9. The number of hydrogen-bond acceptors (Lipinski definition) is 11. The van der Waals surface area contributed by atoms with Crippen molar-refractivity contribution in [2.75, 3.05) is 12.4 Å². The van der Waals surface area contributed by atoms with E-state index in [1.54, 1.807) is 0 Å². The molecule has 1 saturated heterocycles. The van der Waals surface area contributed by atoms with E-state index in [1.807, 2.05) is 0 Å². The number of fused-ring (bicyclic) bond motifs is 1. The van der Waals surface area contributed by atoms with Gasteiger partial charge in [-0.15, -0.1) is 0 Å². The van der Waals surface area contributed by atoms with Crippen molar-refractivity contribution < 1.29 is 42.9 Å². The second kappa shape index (κ2) is 9.77. The molecule has 1 aliphatic heterocycles. The Morgan fingerprint density at radius 3 is 2.31 bits per heavy atom. The predicted octanol–water partition coefficient (Wildman–Crippen LogP) is -0.286. The summed E-state index contributed by atoms with van der Waals surface area (Å²) in [4.78, 5) is 79.3. The van der Waals surface area contributed by atoms with Crippen molar-refractivity contribution in [1.29, 1.82) is 0 Å². The standard InChI is InChI=1S/C21H25N5O10/c1-8(27)22-14-15(34-10(3)29)21(5,35-11(4)30)36-18(14)26-7-12(19(32)33-6)13-16(26)24-20(23-9(2)28)25-17(13)31/h7,14-15,18H,1-6H3,(H,22,27)(H2,23,24,25,28,31). The zero-order valence-electron chi connectivity index (χ0n) is 20.3. The molecule has 3 N–H and O–H groups in total. The van der Waals surface area contributed by atoms with Crippen LogP contribution in [0, 0.1) is 0 Å². The summed E-state index contributed by atoms with van der Waals surface area (Å²) in [6.07, 6.45) is -1.47. The van der Waals surface area contributed by atoms with Gasteiger partial charge in [0.25, 0.3) is 11.3 Å². The first-order valence-electron chi connectivity index (χ1n) is 10.6. The lowest BCUT2D eigenvalue weighted by Crippen LogP contribution is -2.52. The second-order valence-electron chi connectivity index (χ2n) is 8.11. The summed E-state index contributed by atoms with van der Waals surface area (Å²) in [6.45, 7) is 5.96. The van der Waals surface area contributed by atoms with Gasteiger partial charge in [0, 0.05) is 40.8 Å². The van der Waals surface area contributed by atoms with E-state index in [1.165, 1.54) is 31.5 Å². The molecule has 36 heavy (non-hydrogen) atoms. The third kappa shape index (κ3) is 5.05. The third-order valence-electron chi connectivity index (χ3n) is 5.17. The van der Waals surface area contributed by atoms with Gasteiger partial charge in [0.05, 0.1) is 18.1 Å². The Balaban J connectivity index is 2.30. The summed E-state index contributed by atoms with van der Waals surface area (Å²) in [5.41, 5.74) is -1.13. The van der Waals surface area contributed by atoms with Gasteiger partial charge in [-0.25, -0.2) is 4.79 Å². The summed E-state index contributed by atoms with van der Waals surface area (Å²) < 4.78 is 22.7. The van der Waals surface area contributed by atoms with Crippen LogP contribution in [0.25, 0.3) is 11.0 Å². The van der Waals surface area contributed by atoms with E-state index in [2.05, 4.69) is 20.6 Å². The number of amides is 2. The SMILES string of the molecule is COC(=O)c1cn(C2OC(C)(OC(C)=O)C(OC(C)=O)C2NC(C)=O)c2nc(NC(C)=O)[nH]c(=O)c12. The summed E-state index contributed by atoms with van der Waals surface area (Å²) in [5.74, 6) is -5.61. The number of carbonyl (C=O) groups is 5. The molecule has 194 valence electrons. The first-order valence-corrected chi connectivity index (χ1v) is 10.6. The summed E-state index contributed by atoms with van der Waals surface area (Å²) in [5, 5.41) is 4.74. The fourth-order valence-electron chi connectivity index (χ4n) is 4.03. The first kappa shape index (κ1) is 26.3. The van der Waals surface area contributed by atoms with Gasteiger partial charge in [-0.05, 0) is 0 Å². The summed E-state index contributed by atoms with van der Waals surface area (Å²) in [6, 6.07) is -1.18. The Labute approximate surface area is 203 Å². The van der Waals surface area contributed by atoms with Crippen LogP contribution in [0.5, 0.6) is 0 Å². The van der Waals surface area contributed by atoms with Crippen molar-refractivity contribution in [2.24, 2.45) is 0 Å². The van der Waals surface area contributed by atoms with Crippen LogP contribution in [0.1, 0.15) is 51.2 Å². The van der Waals surface area contributed by atoms with Crippen molar-refractivity contribution in [2.45, 2.75) is 58.8 Å². The molecular weight excluding hydrogens is 482 g/mol. The van der Waals surface area contributed by atoms with Gasteiger partial charge in [-0.1, -0.05) is 0 Å². The molecule has 1 aliphatic rings. The number of anilines is 1. The van der Waals surface area contributed by atoms with E-state index in [0.29, 0.717) is 0 Å². The molecule has 0 aliphatic carbocycles. The van der Waals surface area contributed by atoms with Crippen molar-refractivity contribution in [3.05, 3.63) is 22.1 Å². The number of hydrogen-bond donors (Lipinski definition) is 3. The van der Waals surface area contributed by atoms with Crippen LogP contribution in [0.3, 0.4) is 0 Å². The Bertz CT molecular complexity index is 1310. The lowest BCUT2D eigenvalue weighted by atomic mass is 10.1. The first-order chi connectivity index (χ1) is 16.8. The molecule has 3 rings (SSSR count). The van der Waals surface area contributed by atoms with Crippen molar-refractivity contribution in [1.82, 2.24) is 19.9 Å². The number of esters is 3. The molecule has 1 fully saturated rings. The van der Waals surface area contributed by atoms with E-state index in [4.69, 9.17) is 18.9 Å². The molecule has 2 amide bonds. The van der Waals surface area contributed by atoms with Crippen molar-refractivity contribution >= 4 is 46.7 Å². The van der Waals surface area contributed by atoms with Crippen LogP contribution in [-0.2, 0) is 38.1 Å². The molecule has 0 aromatic carbocycles. The number of ether oxygens (including phenoxy) is 4. The van der Waals surface area contributed by atoms with Crippen LogP contribution in [0.2, 0.25) is 0 Å². The number of rotatable bonds is 6. The van der Waals surface area contributed by atoms with E-state index in [-0.39, 0.29) is 22.5 Å². The maximum Gasteiger partial charge on any atom is 0.340 e. The van der Waals surface area contributed by atoms with E-state index >= 15 is 0 Å². The molecule has 0 bridgehead atoms. The molecule has 15 nitrogen and oxygen atoms in total. The van der Waals surface area contributed by atoms with Gasteiger partial charge in [-0.3, -0.25) is 34.3 Å². The van der Waals surface area contributed by atoms with Crippen molar-refractivity contribution in [3.63, 3.8) is 0 Å². The molecule has 4 atom stereocenters. The molecule has 15 heteroatoms. The lowest BCUT2D eigenvalue weighted by Gasteiger charge is -2.30. The Morgan fingerprint density at radius 2 is 1.78 bits per heavy atom. The molecular formula is C21H25N5O10. The number of carbonyl (C=O) groups excluding carboxylic acids is 5. The Hall–Kier alpha value is -4.27. The van der Waals surface area contributed by atoms with Gasteiger partial charge in [0.2, 0.25) is 17.8 Å². The number of aromatic nitrogens is 3. The zero-order chi connectivity index (χ0) is 26.9. The minimum absolute atomic E-state index is 0.142. The number of H-pyrrole nitrogens is 1. The molecule has 2 aromatic heterocycles. The lowest BCUT2D eigenvalue weighted by molar-refractivity contribution is -0.249.